The molecule has 1 aromatic rings. The van der Waals surface area contributed by atoms with Gasteiger partial charge < -0.3 is 9.80 Å². The minimum Gasteiger partial charge on any atom is -0.311 e. The van der Waals surface area contributed by atoms with Crippen LogP contribution in [0.15, 0.2) is 24.3 Å². The molecule has 2 heterocycles. The molecule has 4 amide bonds. The van der Waals surface area contributed by atoms with E-state index in [1.54, 1.807) is 4.90 Å². The summed E-state index contributed by atoms with van der Waals surface area (Å²) in [6.07, 6.45) is 1.44. The van der Waals surface area contributed by atoms with Crippen LogP contribution in [0.5, 0.6) is 0 Å². The highest BCUT2D eigenvalue weighted by atomic mass is 16.2. The van der Waals surface area contributed by atoms with Gasteiger partial charge in [-0.25, -0.2) is 4.79 Å². The minimum absolute atomic E-state index is 0.0854. The van der Waals surface area contributed by atoms with Gasteiger partial charge in [0.1, 0.15) is 6.54 Å². The molecule has 0 aromatic heterocycles. The maximum Gasteiger partial charge on any atom is 0.324 e. The highest BCUT2D eigenvalue weighted by molar-refractivity contribution is 6.01. The summed E-state index contributed by atoms with van der Waals surface area (Å²) in [4.78, 5) is 38.0. The fraction of sp³-hybridized carbons (Fsp3) is 0.400. The molecule has 1 atom stereocenters. The zero-order chi connectivity index (χ0) is 15.0. The molecular formula is C15H17N3O3. The fourth-order valence-electron chi connectivity index (χ4n) is 2.86. The number of rotatable bonds is 3. The van der Waals surface area contributed by atoms with E-state index < -0.39 is 0 Å². The second-order valence-electron chi connectivity index (χ2n) is 5.53. The van der Waals surface area contributed by atoms with E-state index in [0.29, 0.717) is 13.0 Å². The zero-order valence-electron chi connectivity index (χ0n) is 11.8. The number of nitrogens with zero attached hydrogens (tertiary/aromatic N) is 2. The molecule has 6 heteroatoms. The molecule has 21 heavy (non-hydrogen) atoms. The second-order valence-corrected chi connectivity index (χ2v) is 5.53. The first-order chi connectivity index (χ1) is 10.0. The number of carbonyl (C=O) groups is 3. The number of urea groups is 1. The molecule has 2 fully saturated rings. The van der Waals surface area contributed by atoms with Crippen LogP contribution in [0.1, 0.15) is 25.3 Å². The third-order valence-corrected chi connectivity index (χ3v) is 3.92. The number of hydrogen-bond donors (Lipinski definition) is 1. The number of nitrogens with one attached hydrogen (secondary N) is 1. The van der Waals surface area contributed by atoms with Crippen molar-refractivity contribution in [2.75, 3.05) is 11.4 Å². The Labute approximate surface area is 122 Å². The van der Waals surface area contributed by atoms with Crippen molar-refractivity contribution in [1.82, 2.24) is 10.2 Å². The Morgan fingerprint density at radius 1 is 1.29 bits per heavy atom. The summed E-state index contributed by atoms with van der Waals surface area (Å²) in [6.45, 7) is 2.48. The van der Waals surface area contributed by atoms with E-state index in [-0.39, 0.29) is 30.4 Å². The summed E-state index contributed by atoms with van der Waals surface area (Å²) in [5, 5.41) is 2.25. The maximum atomic E-state index is 11.9. The van der Waals surface area contributed by atoms with Crippen LogP contribution < -0.4 is 10.2 Å². The van der Waals surface area contributed by atoms with Crippen molar-refractivity contribution in [1.29, 1.82) is 0 Å². The summed E-state index contributed by atoms with van der Waals surface area (Å²) in [7, 11) is 0. The molecular weight excluding hydrogens is 270 g/mol. The van der Waals surface area contributed by atoms with Crippen molar-refractivity contribution < 1.29 is 14.4 Å². The van der Waals surface area contributed by atoms with E-state index in [9.17, 15) is 14.4 Å². The van der Waals surface area contributed by atoms with Gasteiger partial charge >= 0.3 is 6.03 Å². The van der Waals surface area contributed by atoms with Crippen LogP contribution in [0.25, 0.3) is 0 Å². The van der Waals surface area contributed by atoms with Gasteiger partial charge in [0, 0.05) is 24.7 Å². The molecule has 0 bridgehead atoms. The summed E-state index contributed by atoms with van der Waals surface area (Å²) in [6, 6.07) is 7.41. The molecule has 0 spiro atoms. The van der Waals surface area contributed by atoms with Gasteiger partial charge in [-0.15, -0.1) is 0 Å². The number of hydrogen-bond acceptors (Lipinski definition) is 3. The number of anilines is 1. The standard InChI is InChI=1S/C15H17N3O3/c1-10-5-6-14(20)18(10)12-4-2-3-11(7-12)8-17-9-13(19)16-15(17)21/h2-4,7,10H,5-6,8-9H2,1H3,(H,16,19,21)/t10-/m1/s1. The van der Waals surface area contributed by atoms with Gasteiger partial charge in [-0.05, 0) is 31.0 Å². The third kappa shape index (κ3) is 2.61. The molecule has 110 valence electrons. The van der Waals surface area contributed by atoms with Gasteiger partial charge in [-0.1, -0.05) is 12.1 Å². The molecule has 1 N–H and O–H groups in total. The number of amides is 4. The van der Waals surface area contributed by atoms with Crippen molar-refractivity contribution in [3.63, 3.8) is 0 Å². The first-order valence-corrected chi connectivity index (χ1v) is 7.04. The lowest BCUT2D eigenvalue weighted by molar-refractivity contribution is -0.118. The van der Waals surface area contributed by atoms with Crippen LogP contribution in [0.4, 0.5) is 10.5 Å². The molecule has 2 aliphatic rings. The Kier molecular flexibility index (Phi) is 3.37. The zero-order valence-corrected chi connectivity index (χ0v) is 11.8. The highest BCUT2D eigenvalue weighted by Gasteiger charge is 2.29. The van der Waals surface area contributed by atoms with Gasteiger partial charge in [0.15, 0.2) is 0 Å². The van der Waals surface area contributed by atoms with Crippen molar-refractivity contribution in [3.8, 4) is 0 Å². The highest BCUT2D eigenvalue weighted by Crippen LogP contribution is 2.27. The molecule has 6 nitrogen and oxygen atoms in total. The van der Waals surface area contributed by atoms with Gasteiger partial charge in [-0.2, -0.15) is 0 Å². The van der Waals surface area contributed by atoms with Gasteiger partial charge in [0.25, 0.3) is 0 Å². The SMILES string of the molecule is C[C@@H]1CCC(=O)N1c1cccc(CN2CC(=O)NC2=O)c1. The molecule has 0 saturated carbocycles. The lowest BCUT2D eigenvalue weighted by Crippen LogP contribution is -2.31. The van der Waals surface area contributed by atoms with Crippen LogP contribution in [0.3, 0.4) is 0 Å². The third-order valence-electron chi connectivity index (χ3n) is 3.92. The number of benzene rings is 1. The quantitative estimate of drug-likeness (QED) is 0.851. The smallest absolute Gasteiger partial charge is 0.311 e. The van der Waals surface area contributed by atoms with E-state index in [1.807, 2.05) is 31.2 Å². The topological polar surface area (TPSA) is 69.7 Å². The largest absolute Gasteiger partial charge is 0.324 e. The van der Waals surface area contributed by atoms with Crippen LogP contribution >= 0.6 is 0 Å². The summed E-state index contributed by atoms with van der Waals surface area (Å²) < 4.78 is 0. The van der Waals surface area contributed by atoms with E-state index in [1.165, 1.54) is 4.90 Å². The maximum absolute atomic E-state index is 11.9. The molecule has 0 aliphatic carbocycles. The Bertz CT molecular complexity index is 614. The Morgan fingerprint density at radius 2 is 2.10 bits per heavy atom. The first kappa shape index (κ1) is 13.6. The Balaban J connectivity index is 1.79. The Hall–Kier alpha value is -2.37. The summed E-state index contributed by atoms with van der Waals surface area (Å²) in [5.41, 5.74) is 1.76. The first-order valence-electron chi connectivity index (χ1n) is 7.04. The lowest BCUT2D eigenvalue weighted by atomic mass is 10.1. The Morgan fingerprint density at radius 3 is 2.71 bits per heavy atom. The summed E-state index contributed by atoms with van der Waals surface area (Å²) >= 11 is 0. The van der Waals surface area contributed by atoms with Crippen molar-refractivity contribution in [3.05, 3.63) is 29.8 Å². The van der Waals surface area contributed by atoms with Crippen LogP contribution in [-0.4, -0.2) is 35.3 Å². The normalized spacial score (nSPS) is 22.1. The molecule has 1 aromatic carbocycles. The predicted octanol–water partition coefficient (Wildman–Crippen LogP) is 1.25. The average Bonchev–Trinajstić information content (AvgIpc) is 2.93. The van der Waals surface area contributed by atoms with Gasteiger partial charge in [-0.3, -0.25) is 14.9 Å². The fourth-order valence-corrected chi connectivity index (χ4v) is 2.86. The molecule has 0 unspecified atom stereocenters. The molecule has 3 rings (SSSR count). The number of carbonyl (C=O) groups excluding carboxylic acids is 3. The van der Waals surface area contributed by atoms with Gasteiger partial charge in [0.05, 0.1) is 0 Å². The lowest BCUT2D eigenvalue weighted by Gasteiger charge is -2.23. The predicted molar refractivity (Wildman–Crippen MR) is 76.6 cm³/mol. The van der Waals surface area contributed by atoms with E-state index in [0.717, 1.165) is 17.7 Å². The second kappa shape index (κ2) is 5.20. The van der Waals surface area contributed by atoms with E-state index >= 15 is 0 Å². The summed E-state index contributed by atoms with van der Waals surface area (Å²) in [5.74, 6) is -0.145. The molecule has 0 radical (unpaired) electrons. The van der Waals surface area contributed by atoms with Gasteiger partial charge in [0.2, 0.25) is 11.8 Å². The molecule has 2 aliphatic heterocycles. The van der Waals surface area contributed by atoms with E-state index in [2.05, 4.69) is 5.32 Å². The van der Waals surface area contributed by atoms with Crippen molar-refractivity contribution >= 4 is 23.5 Å². The minimum atomic E-state index is -0.365. The molecule has 2 saturated heterocycles. The average molecular weight is 287 g/mol. The van der Waals surface area contributed by atoms with E-state index in [4.69, 9.17) is 0 Å². The van der Waals surface area contributed by atoms with Crippen molar-refractivity contribution in [2.24, 2.45) is 0 Å². The van der Waals surface area contributed by atoms with Crippen LogP contribution in [0.2, 0.25) is 0 Å². The monoisotopic (exact) mass is 287 g/mol. The van der Waals surface area contributed by atoms with Crippen molar-refractivity contribution in [2.45, 2.75) is 32.4 Å². The van der Waals surface area contributed by atoms with Crippen LogP contribution in [-0.2, 0) is 16.1 Å². The number of imide groups is 1. The van der Waals surface area contributed by atoms with Crippen LogP contribution in [0, 0.1) is 0 Å².